The number of amides is 5. The predicted molar refractivity (Wildman–Crippen MR) is 107 cm³/mol. The van der Waals surface area contributed by atoms with Gasteiger partial charge in [-0.25, -0.2) is 9.59 Å². The Hall–Kier alpha value is -2.77. The Kier molecular flexibility index (Phi) is 6.38. The standard InChI is InChI=1S/C20H29N5O3/c1-23(2)19(27)22-17-6-5-13-25(14-17)20(28)21-16-9-7-15(8-10-16)18(26)24-11-3-4-12-24/h7-10,17H,3-6,11-14H2,1-2H3,(H,21,28)(H,22,27). The zero-order valence-corrected chi connectivity index (χ0v) is 16.6. The molecule has 1 aromatic rings. The fourth-order valence-electron chi connectivity index (χ4n) is 3.58. The quantitative estimate of drug-likeness (QED) is 0.834. The van der Waals surface area contributed by atoms with Crippen molar-refractivity contribution in [2.75, 3.05) is 45.6 Å². The molecule has 1 aromatic carbocycles. The van der Waals surface area contributed by atoms with Gasteiger partial charge in [0.1, 0.15) is 0 Å². The molecule has 0 saturated carbocycles. The van der Waals surface area contributed by atoms with E-state index in [0.29, 0.717) is 24.3 Å². The molecule has 2 aliphatic heterocycles. The van der Waals surface area contributed by atoms with Gasteiger partial charge in [-0.1, -0.05) is 0 Å². The van der Waals surface area contributed by atoms with Gasteiger partial charge in [0.15, 0.2) is 0 Å². The summed E-state index contributed by atoms with van der Waals surface area (Å²) in [6.07, 6.45) is 3.82. The Bertz CT molecular complexity index is 713. The summed E-state index contributed by atoms with van der Waals surface area (Å²) in [7, 11) is 3.39. The van der Waals surface area contributed by atoms with Gasteiger partial charge in [0.05, 0.1) is 0 Å². The minimum absolute atomic E-state index is 0.0464. The van der Waals surface area contributed by atoms with Crippen LogP contribution in [0, 0.1) is 0 Å². The Morgan fingerprint density at radius 2 is 1.61 bits per heavy atom. The highest BCUT2D eigenvalue weighted by Crippen LogP contribution is 2.17. The molecule has 2 N–H and O–H groups in total. The number of nitrogens with one attached hydrogen (secondary N) is 2. The van der Waals surface area contributed by atoms with Gasteiger partial charge in [0, 0.05) is 57.6 Å². The molecule has 8 heteroatoms. The van der Waals surface area contributed by atoms with Gasteiger partial charge in [0.2, 0.25) is 0 Å². The maximum Gasteiger partial charge on any atom is 0.321 e. The van der Waals surface area contributed by atoms with E-state index in [4.69, 9.17) is 0 Å². The summed E-state index contributed by atoms with van der Waals surface area (Å²) >= 11 is 0. The Balaban J connectivity index is 1.53. The third kappa shape index (κ3) is 4.94. The van der Waals surface area contributed by atoms with Crippen LogP contribution >= 0.6 is 0 Å². The van der Waals surface area contributed by atoms with Crippen molar-refractivity contribution in [3.8, 4) is 0 Å². The van der Waals surface area contributed by atoms with Crippen molar-refractivity contribution in [1.29, 1.82) is 0 Å². The van der Waals surface area contributed by atoms with Crippen LogP contribution in [-0.2, 0) is 0 Å². The third-order valence-corrected chi connectivity index (χ3v) is 5.22. The molecule has 1 atom stereocenters. The average molecular weight is 387 g/mol. The van der Waals surface area contributed by atoms with Gasteiger partial charge in [0.25, 0.3) is 5.91 Å². The van der Waals surface area contributed by atoms with E-state index in [9.17, 15) is 14.4 Å². The number of benzene rings is 1. The number of hydrogen-bond acceptors (Lipinski definition) is 3. The molecule has 2 saturated heterocycles. The van der Waals surface area contributed by atoms with Crippen LogP contribution in [0.15, 0.2) is 24.3 Å². The first kappa shape index (κ1) is 20.0. The lowest BCUT2D eigenvalue weighted by Gasteiger charge is -2.33. The number of carbonyl (C=O) groups is 3. The van der Waals surface area contributed by atoms with E-state index >= 15 is 0 Å². The molecule has 8 nitrogen and oxygen atoms in total. The van der Waals surface area contributed by atoms with Crippen LogP contribution in [-0.4, -0.2) is 79.0 Å². The molecule has 0 radical (unpaired) electrons. The first-order valence-corrected chi connectivity index (χ1v) is 9.87. The van der Waals surface area contributed by atoms with Crippen molar-refractivity contribution in [2.24, 2.45) is 0 Å². The number of piperidine rings is 1. The highest BCUT2D eigenvalue weighted by Gasteiger charge is 2.25. The molecular formula is C20H29N5O3. The second-order valence-corrected chi connectivity index (χ2v) is 7.64. The van der Waals surface area contributed by atoms with Gasteiger partial charge < -0.3 is 25.3 Å². The van der Waals surface area contributed by atoms with Crippen LogP contribution in [0.4, 0.5) is 15.3 Å². The molecular weight excluding hydrogens is 358 g/mol. The Labute approximate surface area is 165 Å². The fraction of sp³-hybridized carbons (Fsp3) is 0.550. The molecule has 1 unspecified atom stereocenters. The zero-order chi connectivity index (χ0) is 20.1. The summed E-state index contributed by atoms with van der Waals surface area (Å²) in [4.78, 5) is 41.9. The summed E-state index contributed by atoms with van der Waals surface area (Å²) in [5.41, 5.74) is 1.30. The molecule has 2 aliphatic rings. The highest BCUT2D eigenvalue weighted by atomic mass is 16.2. The van der Waals surface area contributed by atoms with Crippen molar-refractivity contribution in [3.63, 3.8) is 0 Å². The highest BCUT2D eigenvalue weighted by molar-refractivity contribution is 5.95. The topological polar surface area (TPSA) is 85.0 Å². The molecule has 2 heterocycles. The SMILES string of the molecule is CN(C)C(=O)NC1CCCN(C(=O)Nc2ccc(C(=O)N3CCCC3)cc2)C1. The van der Waals surface area contributed by atoms with E-state index in [0.717, 1.165) is 38.8 Å². The third-order valence-electron chi connectivity index (χ3n) is 5.22. The predicted octanol–water partition coefficient (Wildman–Crippen LogP) is 2.19. The van der Waals surface area contributed by atoms with Crippen LogP contribution in [0.1, 0.15) is 36.0 Å². The molecule has 0 aliphatic carbocycles. The van der Waals surface area contributed by atoms with E-state index < -0.39 is 0 Å². The van der Waals surface area contributed by atoms with Gasteiger partial charge in [-0.05, 0) is 49.9 Å². The second-order valence-electron chi connectivity index (χ2n) is 7.64. The molecule has 3 rings (SSSR count). The summed E-state index contributed by atoms with van der Waals surface area (Å²) < 4.78 is 0. The van der Waals surface area contributed by atoms with Gasteiger partial charge in [-0.3, -0.25) is 4.79 Å². The Morgan fingerprint density at radius 1 is 0.964 bits per heavy atom. The van der Waals surface area contributed by atoms with Crippen molar-refractivity contribution in [1.82, 2.24) is 20.0 Å². The van der Waals surface area contributed by atoms with Crippen LogP contribution in [0.5, 0.6) is 0 Å². The maximum atomic E-state index is 12.6. The molecule has 152 valence electrons. The number of urea groups is 2. The minimum Gasteiger partial charge on any atom is -0.339 e. The van der Waals surface area contributed by atoms with E-state index in [1.54, 1.807) is 43.3 Å². The maximum absolute atomic E-state index is 12.6. The van der Waals surface area contributed by atoms with Gasteiger partial charge in [-0.15, -0.1) is 0 Å². The monoisotopic (exact) mass is 387 g/mol. The molecule has 2 fully saturated rings. The first-order valence-electron chi connectivity index (χ1n) is 9.87. The molecule has 0 spiro atoms. The normalized spacial score (nSPS) is 19.3. The van der Waals surface area contributed by atoms with Crippen molar-refractivity contribution in [2.45, 2.75) is 31.7 Å². The molecule has 28 heavy (non-hydrogen) atoms. The smallest absolute Gasteiger partial charge is 0.321 e. The second kappa shape index (κ2) is 8.95. The first-order chi connectivity index (χ1) is 13.4. The summed E-state index contributed by atoms with van der Waals surface area (Å²) in [6.45, 7) is 2.78. The number of anilines is 1. The van der Waals surface area contributed by atoms with E-state index in [2.05, 4.69) is 10.6 Å². The van der Waals surface area contributed by atoms with Crippen LogP contribution in [0.3, 0.4) is 0 Å². The zero-order valence-electron chi connectivity index (χ0n) is 16.6. The summed E-state index contributed by atoms with van der Waals surface area (Å²) in [5.74, 6) is 0.0471. The lowest BCUT2D eigenvalue weighted by molar-refractivity contribution is 0.0793. The lowest BCUT2D eigenvalue weighted by Crippen LogP contribution is -2.52. The Morgan fingerprint density at radius 3 is 2.25 bits per heavy atom. The fourth-order valence-corrected chi connectivity index (χ4v) is 3.58. The largest absolute Gasteiger partial charge is 0.339 e. The lowest BCUT2D eigenvalue weighted by atomic mass is 10.1. The van der Waals surface area contributed by atoms with Crippen LogP contribution in [0.25, 0.3) is 0 Å². The number of rotatable bonds is 3. The summed E-state index contributed by atoms with van der Waals surface area (Å²) in [5, 5.41) is 5.82. The van der Waals surface area contributed by atoms with Crippen molar-refractivity contribution >= 4 is 23.7 Å². The molecule has 0 bridgehead atoms. The molecule has 0 aromatic heterocycles. The number of hydrogen-bond donors (Lipinski definition) is 2. The van der Waals surface area contributed by atoms with Crippen LogP contribution in [0.2, 0.25) is 0 Å². The molecule has 5 amide bonds. The van der Waals surface area contributed by atoms with E-state index in [1.165, 1.54) is 4.90 Å². The van der Waals surface area contributed by atoms with Crippen molar-refractivity contribution in [3.05, 3.63) is 29.8 Å². The minimum atomic E-state index is -0.192. The average Bonchev–Trinajstić information content (AvgIpc) is 3.23. The van der Waals surface area contributed by atoms with Gasteiger partial charge in [-0.2, -0.15) is 0 Å². The van der Waals surface area contributed by atoms with E-state index in [-0.39, 0.29) is 24.0 Å². The number of carbonyl (C=O) groups excluding carboxylic acids is 3. The number of likely N-dealkylation sites (tertiary alicyclic amines) is 2. The summed E-state index contributed by atoms with van der Waals surface area (Å²) in [6, 6.07) is 6.65. The van der Waals surface area contributed by atoms with Crippen LogP contribution < -0.4 is 10.6 Å². The van der Waals surface area contributed by atoms with E-state index in [1.807, 2.05) is 4.90 Å². The number of nitrogens with zero attached hydrogens (tertiary/aromatic N) is 3. The van der Waals surface area contributed by atoms with Crippen molar-refractivity contribution < 1.29 is 14.4 Å². The van der Waals surface area contributed by atoms with Gasteiger partial charge >= 0.3 is 12.1 Å².